The summed E-state index contributed by atoms with van der Waals surface area (Å²) in [6, 6.07) is 1.83. The van der Waals surface area contributed by atoms with Crippen molar-refractivity contribution in [2.24, 2.45) is 5.92 Å². The van der Waals surface area contributed by atoms with Crippen LogP contribution < -0.4 is 0 Å². The van der Waals surface area contributed by atoms with E-state index in [-0.39, 0.29) is 19.1 Å². The standard InChI is InChI=1S/C7H12N2O2/c1-6(5-8)7(11)9(2)3-4-10/h6,10H,3-4H2,1-2H3. The number of likely N-dealkylation sites (N-methyl/N-ethyl adjacent to an activating group) is 1. The zero-order valence-corrected chi connectivity index (χ0v) is 6.74. The molecular formula is C7H12N2O2. The van der Waals surface area contributed by atoms with E-state index in [1.165, 1.54) is 11.8 Å². The van der Waals surface area contributed by atoms with Crippen molar-refractivity contribution in [1.82, 2.24) is 4.90 Å². The highest BCUT2D eigenvalue weighted by molar-refractivity contribution is 5.80. The molecule has 0 bridgehead atoms. The van der Waals surface area contributed by atoms with Gasteiger partial charge in [0.25, 0.3) is 0 Å². The molecule has 0 aliphatic heterocycles. The van der Waals surface area contributed by atoms with Gasteiger partial charge in [-0.25, -0.2) is 0 Å². The Morgan fingerprint density at radius 2 is 2.36 bits per heavy atom. The van der Waals surface area contributed by atoms with Crippen molar-refractivity contribution in [3.8, 4) is 6.07 Å². The van der Waals surface area contributed by atoms with Crippen LogP contribution in [0.1, 0.15) is 6.92 Å². The molecule has 0 fully saturated rings. The first-order chi connectivity index (χ1) is 5.13. The predicted molar refractivity (Wildman–Crippen MR) is 39.5 cm³/mol. The van der Waals surface area contributed by atoms with E-state index in [9.17, 15) is 4.79 Å². The molecule has 0 aliphatic carbocycles. The molecule has 4 heteroatoms. The molecule has 0 saturated carbocycles. The summed E-state index contributed by atoms with van der Waals surface area (Å²) in [6.07, 6.45) is 0. The number of carbonyl (C=O) groups is 1. The van der Waals surface area contributed by atoms with Gasteiger partial charge in [-0.1, -0.05) is 0 Å². The van der Waals surface area contributed by atoms with Crippen molar-refractivity contribution < 1.29 is 9.90 Å². The number of nitriles is 1. The van der Waals surface area contributed by atoms with Gasteiger partial charge in [-0.2, -0.15) is 5.26 Å². The van der Waals surface area contributed by atoms with Gasteiger partial charge < -0.3 is 10.0 Å². The highest BCUT2D eigenvalue weighted by atomic mass is 16.3. The third-order valence-corrected chi connectivity index (χ3v) is 1.38. The van der Waals surface area contributed by atoms with Gasteiger partial charge in [0.1, 0.15) is 5.92 Å². The van der Waals surface area contributed by atoms with Crippen LogP contribution in [-0.2, 0) is 4.79 Å². The molecule has 0 aromatic rings. The van der Waals surface area contributed by atoms with E-state index in [1.807, 2.05) is 6.07 Å². The SMILES string of the molecule is CC(C#N)C(=O)N(C)CCO. The van der Waals surface area contributed by atoms with Crippen molar-refractivity contribution in [2.75, 3.05) is 20.2 Å². The number of rotatable bonds is 3. The second kappa shape index (κ2) is 4.69. The molecule has 1 unspecified atom stereocenters. The molecule has 0 rings (SSSR count). The third kappa shape index (κ3) is 3.01. The van der Waals surface area contributed by atoms with Crippen molar-refractivity contribution in [3.05, 3.63) is 0 Å². The van der Waals surface area contributed by atoms with Crippen LogP contribution in [0.25, 0.3) is 0 Å². The fourth-order valence-electron chi connectivity index (χ4n) is 0.646. The fourth-order valence-corrected chi connectivity index (χ4v) is 0.646. The maximum atomic E-state index is 11.1. The van der Waals surface area contributed by atoms with Crippen molar-refractivity contribution in [2.45, 2.75) is 6.92 Å². The van der Waals surface area contributed by atoms with Crippen molar-refractivity contribution >= 4 is 5.91 Å². The van der Waals surface area contributed by atoms with E-state index >= 15 is 0 Å². The molecule has 1 atom stereocenters. The quantitative estimate of drug-likeness (QED) is 0.604. The first-order valence-electron chi connectivity index (χ1n) is 3.39. The van der Waals surface area contributed by atoms with E-state index < -0.39 is 5.92 Å². The Hall–Kier alpha value is -1.08. The lowest BCUT2D eigenvalue weighted by Gasteiger charge is -2.16. The molecule has 4 nitrogen and oxygen atoms in total. The molecule has 0 heterocycles. The summed E-state index contributed by atoms with van der Waals surface area (Å²) in [4.78, 5) is 12.4. The van der Waals surface area contributed by atoms with E-state index in [2.05, 4.69) is 0 Å². The summed E-state index contributed by atoms with van der Waals surface area (Å²) in [5, 5.41) is 16.8. The summed E-state index contributed by atoms with van der Waals surface area (Å²) >= 11 is 0. The van der Waals surface area contributed by atoms with Crippen LogP contribution in [0.5, 0.6) is 0 Å². The van der Waals surface area contributed by atoms with Gasteiger partial charge in [-0.15, -0.1) is 0 Å². The first-order valence-corrected chi connectivity index (χ1v) is 3.39. The number of aliphatic hydroxyl groups excluding tert-OH is 1. The van der Waals surface area contributed by atoms with Crippen molar-refractivity contribution in [3.63, 3.8) is 0 Å². The molecule has 0 aromatic heterocycles. The Morgan fingerprint density at radius 3 is 2.73 bits per heavy atom. The smallest absolute Gasteiger partial charge is 0.239 e. The minimum atomic E-state index is -0.619. The van der Waals surface area contributed by atoms with Crippen LogP contribution in [-0.4, -0.2) is 36.1 Å². The summed E-state index contributed by atoms with van der Waals surface area (Å²) < 4.78 is 0. The number of carbonyl (C=O) groups excluding carboxylic acids is 1. The largest absolute Gasteiger partial charge is 0.395 e. The Bertz CT molecular complexity index is 174. The highest BCUT2D eigenvalue weighted by Crippen LogP contribution is 1.97. The Balaban J connectivity index is 3.94. The number of aliphatic hydroxyl groups is 1. The van der Waals surface area contributed by atoms with E-state index in [0.29, 0.717) is 0 Å². The Kier molecular flexibility index (Phi) is 4.23. The van der Waals surface area contributed by atoms with Crippen LogP contribution in [0.2, 0.25) is 0 Å². The maximum absolute atomic E-state index is 11.1. The van der Waals surface area contributed by atoms with Gasteiger partial charge in [-0.3, -0.25) is 4.79 Å². The Morgan fingerprint density at radius 1 is 1.82 bits per heavy atom. The van der Waals surface area contributed by atoms with Gasteiger partial charge >= 0.3 is 0 Å². The zero-order chi connectivity index (χ0) is 8.85. The van der Waals surface area contributed by atoms with Crippen LogP contribution in [0.3, 0.4) is 0 Å². The molecule has 0 aliphatic rings. The van der Waals surface area contributed by atoms with E-state index in [0.717, 1.165) is 0 Å². The molecule has 1 N–H and O–H groups in total. The molecule has 62 valence electrons. The molecular weight excluding hydrogens is 144 g/mol. The average molecular weight is 156 g/mol. The minimum Gasteiger partial charge on any atom is -0.395 e. The van der Waals surface area contributed by atoms with Crippen LogP contribution in [0.4, 0.5) is 0 Å². The van der Waals surface area contributed by atoms with Gasteiger partial charge in [0.2, 0.25) is 5.91 Å². The van der Waals surface area contributed by atoms with Gasteiger partial charge in [0.15, 0.2) is 0 Å². The van der Waals surface area contributed by atoms with Crippen LogP contribution in [0, 0.1) is 17.2 Å². The van der Waals surface area contributed by atoms with Gasteiger partial charge in [-0.05, 0) is 6.92 Å². The number of amides is 1. The number of nitrogens with zero attached hydrogens (tertiary/aromatic N) is 2. The molecule has 0 radical (unpaired) electrons. The molecule has 11 heavy (non-hydrogen) atoms. The second-order valence-corrected chi connectivity index (χ2v) is 2.33. The summed E-state index contributed by atoms with van der Waals surface area (Å²) in [5.41, 5.74) is 0. The fraction of sp³-hybridized carbons (Fsp3) is 0.714. The molecule has 0 saturated heterocycles. The first kappa shape index (κ1) is 9.92. The molecule has 1 amide bonds. The van der Waals surface area contributed by atoms with Crippen LogP contribution >= 0.6 is 0 Å². The van der Waals surface area contributed by atoms with Gasteiger partial charge in [0.05, 0.1) is 12.7 Å². The van der Waals surface area contributed by atoms with Gasteiger partial charge in [0, 0.05) is 13.6 Å². The molecule has 0 spiro atoms. The monoisotopic (exact) mass is 156 g/mol. The lowest BCUT2D eigenvalue weighted by molar-refractivity contribution is -0.132. The maximum Gasteiger partial charge on any atom is 0.239 e. The van der Waals surface area contributed by atoms with E-state index in [1.54, 1.807) is 7.05 Å². The summed E-state index contributed by atoms with van der Waals surface area (Å²) in [6.45, 7) is 1.75. The lowest BCUT2D eigenvalue weighted by atomic mass is 10.2. The second-order valence-electron chi connectivity index (χ2n) is 2.33. The van der Waals surface area contributed by atoms with E-state index in [4.69, 9.17) is 10.4 Å². The third-order valence-electron chi connectivity index (χ3n) is 1.38. The Labute approximate surface area is 66.0 Å². The molecule has 0 aromatic carbocycles. The number of hydrogen-bond acceptors (Lipinski definition) is 3. The van der Waals surface area contributed by atoms with Crippen LogP contribution in [0.15, 0.2) is 0 Å². The lowest BCUT2D eigenvalue weighted by Crippen LogP contribution is -2.33. The zero-order valence-electron chi connectivity index (χ0n) is 6.74. The normalized spacial score (nSPS) is 11.8. The topological polar surface area (TPSA) is 64.3 Å². The predicted octanol–water partition coefficient (Wildman–Crippen LogP) is -0.403. The average Bonchev–Trinajstić information content (AvgIpc) is 2.02. The highest BCUT2D eigenvalue weighted by Gasteiger charge is 2.15. The number of hydrogen-bond donors (Lipinski definition) is 1. The summed E-state index contributed by atoms with van der Waals surface area (Å²) in [5.74, 6) is -0.867. The minimum absolute atomic E-state index is 0.0691. The summed E-state index contributed by atoms with van der Waals surface area (Å²) in [7, 11) is 1.56. The van der Waals surface area contributed by atoms with Crippen molar-refractivity contribution in [1.29, 1.82) is 5.26 Å².